The first-order valence-electron chi connectivity index (χ1n) is 8.34. The Morgan fingerprint density at radius 3 is 2.52 bits per heavy atom. The van der Waals surface area contributed by atoms with Gasteiger partial charge in [0.05, 0.1) is 16.1 Å². The first-order valence-corrected chi connectivity index (χ1v) is 9.82. The fraction of sp³-hybridized carbons (Fsp3) is 0.222. The second-order valence-corrected chi connectivity index (χ2v) is 8.23. The summed E-state index contributed by atoms with van der Waals surface area (Å²) in [5.74, 6) is -1.21. The molecule has 9 heteroatoms. The zero-order valence-corrected chi connectivity index (χ0v) is 14.9. The summed E-state index contributed by atoms with van der Waals surface area (Å²) in [4.78, 5) is 26.6. The van der Waals surface area contributed by atoms with E-state index in [9.17, 15) is 22.4 Å². The van der Waals surface area contributed by atoms with Gasteiger partial charge in [0.25, 0.3) is 5.91 Å². The monoisotopic (exact) mass is 389 g/mol. The Hall–Kier alpha value is -2.78. The predicted molar refractivity (Wildman–Crippen MR) is 95.0 cm³/mol. The summed E-state index contributed by atoms with van der Waals surface area (Å²) in [6.45, 7) is 0.0751. The molecule has 2 amide bonds. The number of fused-ring (bicyclic) bond motifs is 2. The molecular formula is C18H16FN3O4S. The van der Waals surface area contributed by atoms with Gasteiger partial charge in [0, 0.05) is 12.6 Å². The summed E-state index contributed by atoms with van der Waals surface area (Å²) in [6.07, 6.45) is 0.159. The van der Waals surface area contributed by atoms with Gasteiger partial charge in [0.1, 0.15) is 11.9 Å². The highest BCUT2D eigenvalue weighted by Gasteiger charge is 2.43. The first kappa shape index (κ1) is 17.6. The van der Waals surface area contributed by atoms with Gasteiger partial charge in [0.15, 0.2) is 0 Å². The normalized spacial score (nSPS) is 22.0. The molecule has 0 saturated carbocycles. The average Bonchev–Trinajstić information content (AvgIpc) is 3.01. The highest BCUT2D eigenvalue weighted by atomic mass is 32.2. The lowest BCUT2D eigenvalue weighted by Gasteiger charge is -2.20. The van der Waals surface area contributed by atoms with Gasteiger partial charge in [-0.25, -0.2) is 17.5 Å². The number of sulfonamides is 1. The van der Waals surface area contributed by atoms with Crippen LogP contribution in [0.4, 0.5) is 10.1 Å². The molecule has 2 heterocycles. The molecule has 1 fully saturated rings. The third kappa shape index (κ3) is 3.19. The van der Waals surface area contributed by atoms with E-state index in [2.05, 4.69) is 10.0 Å². The van der Waals surface area contributed by atoms with Crippen molar-refractivity contribution in [3.8, 4) is 0 Å². The molecule has 2 atom stereocenters. The standard InChI is InChI=1S/C18H16FN3O4S/c19-11-5-7-13(8-6-11)27(25,26)21-12-9-16-17(23)20-15-4-2-1-3-14(15)18(24)22(16)10-12/h1-8,12,16,21H,9-10H2,(H,20,23). The molecule has 140 valence electrons. The number of hydrogen-bond donors (Lipinski definition) is 2. The molecule has 0 spiro atoms. The molecule has 0 bridgehead atoms. The van der Waals surface area contributed by atoms with Crippen LogP contribution in [0.3, 0.4) is 0 Å². The Morgan fingerprint density at radius 1 is 1.07 bits per heavy atom. The third-order valence-corrected chi connectivity index (χ3v) is 6.26. The van der Waals surface area contributed by atoms with E-state index in [0.29, 0.717) is 11.3 Å². The van der Waals surface area contributed by atoms with Crippen LogP contribution in [0.2, 0.25) is 0 Å². The minimum Gasteiger partial charge on any atom is -0.325 e. The lowest BCUT2D eigenvalue weighted by Crippen LogP contribution is -2.41. The molecule has 7 nitrogen and oxygen atoms in total. The molecule has 1 saturated heterocycles. The molecule has 2 aliphatic rings. The van der Waals surface area contributed by atoms with Crippen molar-refractivity contribution in [1.29, 1.82) is 0 Å². The minimum atomic E-state index is -3.89. The highest BCUT2D eigenvalue weighted by molar-refractivity contribution is 7.89. The van der Waals surface area contributed by atoms with E-state index in [1.807, 2.05) is 0 Å². The van der Waals surface area contributed by atoms with Crippen LogP contribution in [0.25, 0.3) is 0 Å². The Bertz CT molecular complexity index is 1020. The van der Waals surface area contributed by atoms with E-state index < -0.39 is 27.9 Å². The molecule has 2 unspecified atom stereocenters. The van der Waals surface area contributed by atoms with Crippen molar-refractivity contribution < 1.29 is 22.4 Å². The van der Waals surface area contributed by atoms with Crippen LogP contribution < -0.4 is 10.0 Å². The van der Waals surface area contributed by atoms with Crippen LogP contribution >= 0.6 is 0 Å². The summed E-state index contributed by atoms with van der Waals surface area (Å²) >= 11 is 0. The van der Waals surface area contributed by atoms with Gasteiger partial charge in [-0.15, -0.1) is 0 Å². The number of rotatable bonds is 3. The quantitative estimate of drug-likeness (QED) is 0.828. The largest absolute Gasteiger partial charge is 0.325 e. The van der Waals surface area contributed by atoms with Gasteiger partial charge < -0.3 is 10.2 Å². The van der Waals surface area contributed by atoms with Gasteiger partial charge >= 0.3 is 0 Å². The van der Waals surface area contributed by atoms with Crippen LogP contribution in [0.5, 0.6) is 0 Å². The number of carbonyl (C=O) groups is 2. The summed E-state index contributed by atoms with van der Waals surface area (Å²) in [5, 5.41) is 2.73. The number of benzene rings is 2. The number of nitrogens with one attached hydrogen (secondary N) is 2. The van der Waals surface area contributed by atoms with Crippen molar-refractivity contribution in [2.45, 2.75) is 23.4 Å². The van der Waals surface area contributed by atoms with Crippen molar-refractivity contribution in [2.75, 3.05) is 11.9 Å². The van der Waals surface area contributed by atoms with Crippen LogP contribution in [0.1, 0.15) is 16.8 Å². The van der Waals surface area contributed by atoms with E-state index in [4.69, 9.17) is 0 Å². The van der Waals surface area contributed by atoms with E-state index >= 15 is 0 Å². The summed E-state index contributed by atoms with van der Waals surface area (Å²) in [7, 11) is -3.89. The molecular weight excluding hydrogens is 373 g/mol. The predicted octanol–water partition coefficient (Wildman–Crippen LogP) is 1.34. The topological polar surface area (TPSA) is 95.6 Å². The first-order chi connectivity index (χ1) is 12.8. The Kier molecular flexibility index (Phi) is 4.20. The van der Waals surface area contributed by atoms with E-state index in [1.165, 1.54) is 17.0 Å². The van der Waals surface area contributed by atoms with Crippen molar-refractivity contribution >= 4 is 27.5 Å². The molecule has 0 aliphatic carbocycles. The maximum absolute atomic E-state index is 13.0. The highest BCUT2D eigenvalue weighted by Crippen LogP contribution is 2.29. The SMILES string of the molecule is O=C1Nc2ccccc2C(=O)N2CC(NS(=O)(=O)c3ccc(F)cc3)CC12. The minimum absolute atomic E-state index is 0.0751. The van der Waals surface area contributed by atoms with Crippen LogP contribution in [-0.2, 0) is 14.8 Å². The molecule has 0 aromatic heterocycles. The fourth-order valence-electron chi connectivity index (χ4n) is 3.44. The fourth-order valence-corrected chi connectivity index (χ4v) is 4.68. The van der Waals surface area contributed by atoms with E-state index in [1.54, 1.807) is 24.3 Å². The number of halogens is 1. The van der Waals surface area contributed by atoms with Crippen molar-refractivity contribution in [3.05, 3.63) is 59.9 Å². The molecule has 2 aromatic carbocycles. The number of amides is 2. The zero-order valence-electron chi connectivity index (χ0n) is 14.1. The molecule has 4 rings (SSSR count). The average molecular weight is 389 g/mol. The van der Waals surface area contributed by atoms with Crippen molar-refractivity contribution in [1.82, 2.24) is 9.62 Å². The number of anilines is 1. The Balaban J connectivity index is 1.57. The van der Waals surface area contributed by atoms with Gasteiger partial charge in [-0.1, -0.05) is 12.1 Å². The Labute approximate surface area is 155 Å². The summed E-state index contributed by atoms with van der Waals surface area (Å²) in [6, 6.07) is 9.78. The van der Waals surface area contributed by atoms with E-state index in [0.717, 1.165) is 12.1 Å². The van der Waals surface area contributed by atoms with E-state index in [-0.39, 0.29) is 29.7 Å². The van der Waals surface area contributed by atoms with Gasteiger partial charge in [-0.05, 0) is 42.8 Å². The Morgan fingerprint density at radius 2 is 1.78 bits per heavy atom. The van der Waals surface area contributed by atoms with Crippen LogP contribution in [0, 0.1) is 5.82 Å². The second kappa shape index (κ2) is 6.43. The lowest BCUT2D eigenvalue weighted by atomic mass is 10.1. The number of para-hydroxylation sites is 1. The number of nitrogens with zero attached hydrogens (tertiary/aromatic N) is 1. The molecule has 2 N–H and O–H groups in total. The maximum atomic E-state index is 13.0. The molecule has 0 radical (unpaired) electrons. The van der Waals surface area contributed by atoms with Gasteiger partial charge in [-0.2, -0.15) is 0 Å². The molecule has 27 heavy (non-hydrogen) atoms. The zero-order chi connectivity index (χ0) is 19.2. The smallest absolute Gasteiger partial charge is 0.256 e. The molecule has 2 aromatic rings. The number of hydrogen-bond acceptors (Lipinski definition) is 4. The van der Waals surface area contributed by atoms with Gasteiger partial charge in [0.2, 0.25) is 15.9 Å². The van der Waals surface area contributed by atoms with Crippen molar-refractivity contribution in [2.24, 2.45) is 0 Å². The maximum Gasteiger partial charge on any atom is 0.256 e. The van der Waals surface area contributed by atoms with Crippen molar-refractivity contribution in [3.63, 3.8) is 0 Å². The third-order valence-electron chi connectivity index (χ3n) is 4.73. The molecule has 2 aliphatic heterocycles. The summed E-state index contributed by atoms with van der Waals surface area (Å²) < 4.78 is 40.5. The van der Waals surface area contributed by atoms with Gasteiger partial charge in [-0.3, -0.25) is 9.59 Å². The van der Waals surface area contributed by atoms with Crippen LogP contribution in [0.15, 0.2) is 53.4 Å². The number of carbonyl (C=O) groups excluding carboxylic acids is 2. The summed E-state index contributed by atoms with van der Waals surface area (Å²) in [5.41, 5.74) is 0.820. The second-order valence-electron chi connectivity index (χ2n) is 6.52. The van der Waals surface area contributed by atoms with Crippen LogP contribution in [-0.4, -0.2) is 43.8 Å². The lowest BCUT2D eigenvalue weighted by molar-refractivity contribution is -0.119.